The first-order valence-electron chi connectivity index (χ1n) is 10.1. The molecular weight excluding hydrogens is 428 g/mol. The Balaban J connectivity index is 0.00000231. The molecule has 3 heterocycles. The van der Waals surface area contributed by atoms with Gasteiger partial charge in [0.25, 0.3) is 5.82 Å². The molecule has 0 aliphatic carbocycles. The fourth-order valence-corrected chi connectivity index (χ4v) is 4.66. The summed E-state index contributed by atoms with van der Waals surface area (Å²) in [5.41, 5.74) is 5.47. The molecule has 0 N–H and O–H groups in total. The molecule has 0 bridgehead atoms. The van der Waals surface area contributed by atoms with Crippen LogP contribution < -0.4 is 9.67 Å². The minimum Gasteiger partial charge on any atom is -0.859 e. The number of aromatic nitrogens is 3. The standard InChI is InChI=1S/C24H22N4OS.ClH/c1-17-9-11-19(12-10-17)21-14-27(23-8-5-13-28(21)23)15-22(29)26-24-25-20(16-30-24)18-6-3-2-4-7-18;/h2-4,6-7,9-12,14,16H,5,8,13,15H2,1H3;1H. The predicted molar refractivity (Wildman–Crippen MR) is 125 cm³/mol. The maximum atomic E-state index is 12.7. The highest BCUT2D eigenvalue weighted by Gasteiger charge is 2.28. The number of hydrogen-bond donors (Lipinski definition) is 0. The van der Waals surface area contributed by atoms with Crippen molar-refractivity contribution >= 4 is 34.8 Å². The normalized spacial score (nSPS) is 13.1. The van der Waals surface area contributed by atoms with Crippen molar-refractivity contribution in [1.29, 1.82) is 0 Å². The van der Waals surface area contributed by atoms with E-state index in [0.29, 0.717) is 5.13 Å². The molecule has 2 aromatic carbocycles. The lowest BCUT2D eigenvalue weighted by Crippen LogP contribution is -2.43. The minimum absolute atomic E-state index is 0. The van der Waals surface area contributed by atoms with E-state index in [9.17, 15) is 5.11 Å². The van der Waals surface area contributed by atoms with E-state index in [2.05, 4.69) is 56.5 Å². The Kier molecular flexibility index (Phi) is 6.20. The number of aliphatic imine (C=N–C) groups is 1. The van der Waals surface area contributed by atoms with Crippen LogP contribution in [0.2, 0.25) is 0 Å². The maximum absolute atomic E-state index is 12.7. The van der Waals surface area contributed by atoms with Gasteiger partial charge in [0, 0.05) is 22.4 Å². The molecule has 5 nitrogen and oxygen atoms in total. The third-order valence-electron chi connectivity index (χ3n) is 5.43. The van der Waals surface area contributed by atoms with E-state index in [-0.39, 0.29) is 24.8 Å². The van der Waals surface area contributed by atoms with Crippen LogP contribution in [-0.2, 0) is 19.5 Å². The summed E-state index contributed by atoms with van der Waals surface area (Å²) in [4.78, 5) is 8.77. The van der Waals surface area contributed by atoms with Crippen LogP contribution in [0.3, 0.4) is 0 Å². The van der Waals surface area contributed by atoms with Crippen molar-refractivity contribution in [3.8, 4) is 22.5 Å². The summed E-state index contributed by atoms with van der Waals surface area (Å²) in [6, 6.07) is 18.5. The van der Waals surface area contributed by atoms with Gasteiger partial charge in [-0.1, -0.05) is 60.2 Å². The highest BCUT2D eigenvalue weighted by molar-refractivity contribution is 7.13. The van der Waals surface area contributed by atoms with Gasteiger partial charge >= 0.3 is 0 Å². The molecule has 31 heavy (non-hydrogen) atoms. The van der Waals surface area contributed by atoms with Gasteiger partial charge < -0.3 is 5.11 Å². The quantitative estimate of drug-likeness (QED) is 0.258. The first kappa shape index (κ1) is 21.3. The third-order valence-corrected chi connectivity index (χ3v) is 6.16. The molecule has 1 aliphatic heterocycles. The van der Waals surface area contributed by atoms with Crippen LogP contribution in [0, 0.1) is 6.92 Å². The number of halogens is 1. The monoisotopic (exact) mass is 450 g/mol. The van der Waals surface area contributed by atoms with Gasteiger partial charge in [-0.15, -0.1) is 23.7 Å². The van der Waals surface area contributed by atoms with E-state index in [1.165, 1.54) is 28.3 Å². The number of fused-ring (bicyclic) bond motifs is 1. The molecule has 7 heteroatoms. The first-order chi connectivity index (χ1) is 14.7. The van der Waals surface area contributed by atoms with Gasteiger partial charge in [0.05, 0.1) is 18.7 Å². The molecule has 158 valence electrons. The smallest absolute Gasteiger partial charge is 0.257 e. The molecule has 0 saturated carbocycles. The van der Waals surface area contributed by atoms with E-state index < -0.39 is 0 Å². The molecule has 2 aromatic heterocycles. The third kappa shape index (κ3) is 4.40. The van der Waals surface area contributed by atoms with Gasteiger partial charge in [-0.05, 0) is 13.3 Å². The first-order valence-corrected chi connectivity index (χ1v) is 11.0. The Morgan fingerprint density at radius 1 is 1.13 bits per heavy atom. The molecule has 0 saturated heterocycles. The summed E-state index contributed by atoms with van der Waals surface area (Å²) in [6.45, 7) is 3.32. The summed E-state index contributed by atoms with van der Waals surface area (Å²) in [5.74, 6) is 1.02. The Labute approximate surface area is 191 Å². The molecule has 0 atom stereocenters. The van der Waals surface area contributed by atoms with Crippen molar-refractivity contribution in [1.82, 2.24) is 9.55 Å². The van der Waals surface area contributed by atoms with E-state index >= 15 is 0 Å². The molecule has 5 rings (SSSR count). The van der Waals surface area contributed by atoms with Crippen molar-refractivity contribution in [3.63, 3.8) is 0 Å². The van der Waals surface area contributed by atoms with Crippen LogP contribution in [-0.4, -0.2) is 15.4 Å². The average molecular weight is 451 g/mol. The van der Waals surface area contributed by atoms with Crippen molar-refractivity contribution in [2.75, 3.05) is 0 Å². The number of aryl methyl sites for hydroxylation is 1. The van der Waals surface area contributed by atoms with E-state index in [0.717, 1.165) is 36.3 Å². The SMILES string of the molecule is Cc1ccc(-c2c[n+](CC([O-])=Nc3nc(-c4ccccc4)cs3)c3n2CCC3)cc1.Cl. The highest BCUT2D eigenvalue weighted by Crippen LogP contribution is 2.27. The molecule has 0 spiro atoms. The topological polar surface area (TPSA) is 57.1 Å². The van der Waals surface area contributed by atoms with E-state index in [1.54, 1.807) is 0 Å². The van der Waals surface area contributed by atoms with Gasteiger partial charge in [-0.2, -0.15) is 0 Å². The fourth-order valence-electron chi connectivity index (χ4n) is 3.95. The fraction of sp³-hybridized carbons (Fsp3) is 0.208. The Hall–Kier alpha value is -2.96. The van der Waals surface area contributed by atoms with Gasteiger partial charge in [-0.25, -0.2) is 19.1 Å². The second kappa shape index (κ2) is 9.04. The second-order valence-electron chi connectivity index (χ2n) is 7.57. The lowest BCUT2D eigenvalue weighted by atomic mass is 10.1. The lowest BCUT2D eigenvalue weighted by molar-refractivity contribution is -0.693. The average Bonchev–Trinajstić information content (AvgIpc) is 3.48. The van der Waals surface area contributed by atoms with Crippen LogP contribution >= 0.6 is 23.7 Å². The molecule has 1 aliphatic rings. The Bertz CT molecular complexity index is 1210. The van der Waals surface area contributed by atoms with Crippen LogP contribution in [0.5, 0.6) is 0 Å². The molecule has 0 unspecified atom stereocenters. The van der Waals surface area contributed by atoms with Crippen molar-refractivity contribution in [2.45, 2.75) is 32.9 Å². The second-order valence-corrected chi connectivity index (χ2v) is 8.40. The predicted octanol–water partition coefficient (Wildman–Crippen LogP) is 4.33. The van der Waals surface area contributed by atoms with Crippen molar-refractivity contribution < 1.29 is 9.67 Å². The van der Waals surface area contributed by atoms with Crippen molar-refractivity contribution in [2.24, 2.45) is 4.99 Å². The van der Waals surface area contributed by atoms with E-state index in [4.69, 9.17) is 0 Å². The van der Waals surface area contributed by atoms with E-state index in [1.807, 2.05) is 35.7 Å². The summed E-state index contributed by atoms with van der Waals surface area (Å²) in [5, 5.41) is 15.1. The van der Waals surface area contributed by atoms with Gasteiger partial charge in [0.15, 0.2) is 5.69 Å². The van der Waals surface area contributed by atoms with Gasteiger partial charge in [0.2, 0.25) is 5.13 Å². The zero-order valence-electron chi connectivity index (χ0n) is 17.2. The summed E-state index contributed by atoms with van der Waals surface area (Å²) >= 11 is 1.40. The van der Waals surface area contributed by atoms with Crippen LogP contribution in [0.25, 0.3) is 22.5 Å². The number of benzene rings is 2. The number of rotatable bonds is 5. The van der Waals surface area contributed by atoms with Gasteiger partial charge in [-0.3, -0.25) is 0 Å². The van der Waals surface area contributed by atoms with Crippen LogP contribution in [0.1, 0.15) is 17.8 Å². The minimum atomic E-state index is -0.176. The van der Waals surface area contributed by atoms with Crippen molar-refractivity contribution in [3.05, 3.63) is 77.6 Å². The summed E-state index contributed by atoms with van der Waals surface area (Å²) in [6.07, 6.45) is 4.17. The largest absolute Gasteiger partial charge is 0.859 e. The molecular formula is C24H23ClN4OS. The highest BCUT2D eigenvalue weighted by atomic mass is 35.5. The summed E-state index contributed by atoms with van der Waals surface area (Å²) < 4.78 is 4.38. The van der Waals surface area contributed by atoms with Gasteiger partial charge in [0.1, 0.15) is 12.7 Å². The molecule has 4 aromatic rings. The number of imidazole rings is 1. The number of thiazole rings is 1. The molecule has 0 fully saturated rings. The van der Waals surface area contributed by atoms with Crippen LogP contribution in [0.4, 0.5) is 5.13 Å². The number of hydrogen-bond acceptors (Lipinski definition) is 4. The Morgan fingerprint density at radius 2 is 1.90 bits per heavy atom. The zero-order chi connectivity index (χ0) is 20.5. The Morgan fingerprint density at radius 3 is 2.68 bits per heavy atom. The number of nitrogens with zero attached hydrogens (tertiary/aromatic N) is 4. The zero-order valence-corrected chi connectivity index (χ0v) is 18.8. The lowest BCUT2D eigenvalue weighted by Gasteiger charge is -2.07. The van der Waals surface area contributed by atoms with Crippen LogP contribution in [0.15, 0.2) is 71.2 Å². The molecule has 0 amide bonds. The molecule has 0 radical (unpaired) electrons. The summed E-state index contributed by atoms with van der Waals surface area (Å²) in [7, 11) is 0. The maximum Gasteiger partial charge on any atom is 0.257 e.